The van der Waals surface area contributed by atoms with Crippen LogP contribution in [0.5, 0.6) is 0 Å². The zero-order chi connectivity index (χ0) is 20.7. The fourth-order valence-electron chi connectivity index (χ4n) is 3.18. The predicted octanol–water partition coefficient (Wildman–Crippen LogP) is 7.45. The van der Waals surface area contributed by atoms with Crippen molar-refractivity contribution in [2.75, 3.05) is 13.1 Å². The average molecular weight is 514 g/mol. The summed E-state index contributed by atoms with van der Waals surface area (Å²) in [6.45, 7) is 3.89. The van der Waals surface area contributed by atoms with E-state index >= 15 is 0 Å². The van der Waals surface area contributed by atoms with E-state index in [4.69, 9.17) is 4.72 Å². The van der Waals surface area contributed by atoms with E-state index in [1.54, 1.807) is 11.9 Å². The van der Waals surface area contributed by atoms with Gasteiger partial charge in [0.15, 0.2) is 0 Å². The second kappa shape index (κ2) is 15.0. The maximum absolute atomic E-state index is 4.75. The quantitative estimate of drug-likeness (QED) is 0.203. The second-order valence-corrected chi connectivity index (χ2v) is 7.91. The number of hydrogen-bond donors (Lipinski definition) is 1. The first kappa shape index (κ1) is 24.4. The van der Waals surface area contributed by atoms with Crippen LogP contribution in [-0.4, -0.2) is 13.1 Å². The molecule has 2 nitrogen and oxygen atoms in total. The van der Waals surface area contributed by atoms with E-state index in [0.717, 1.165) is 25.9 Å². The van der Waals surface area contributed by atoms with Gasteiger partial charge >= 0.3 is 27.0 Å². The molecule has 1 N–H and O–H groups in total. The van der Waals surface area contributed by atoms with E-state index in [2.05, 4.69) is 94.8 Å². The van der Waals surface area contributed by atoms with Gasteiger partial charge in [-0.05, 0) is 61.7 Å². The van der Waals surface area contributed by atoms with Crippen molar-refractivity contribution in [2.45, 2.75) is 43.5 Å². The van der Waals surface area contributed by atoms with Crippen molar-refractivity contribution in [3.05, 3.63) is 94.2 Å². The fraction of sp³-hybridized carbons (Fsp3) is 0.333. The van der Waals surface area contributed by atoms with Crippen molar-refractivity contribution < 1.29 is 17.3 Å². The average Bonchev–Trinajstić information content (AvgIpc) is 2.79. The molecule has 0 spiro atoms. The van der Waals surface area contributed by atoms with E-state index in [-0.39, 0.29) is 6.04 Å². The Balaban J connectivity index is 0.00000145. The van der Waals surface area contributed by atoms with Crippen LogP contribution in [0.1, 0.15) is 42.9 Å². The Labute approximate surface area is 194 Å². The Morgan fingerprint density at radius 3 is 2.52 bits per heavy atom. The van der Waals surface area contributed by atoms with Gasteiger partial charge in [0.1, 0.15) is 0 Å². The first-order chi connectivity index (χ1) is 14.3. The van der Waals surface area contributed by atoms with Gasteiger partial charge < -0.3 is 10.0 Å². The molecule has 0 bridgehead atoms. The molecule has 0 heterocycles. The van der Waals surface area contributed by atoms with Gasteiger partial charge in [0, 0.05) is 6.04 Å². The van der Waals surface area contributed by atoms with Gasteiger partial charge in [0.2, 0.25) is 0 Å². The molecular weight excluding hydrogens is 485 g/mol. The van der Waals surface area contributed by atoms with E-state index in [9.17, 15) is 0 Å². The monoisotopic (exact) mass is 514 g/mol. The van der Waals surface area contributed by atoms with Crippen LogP contribution in [-0.2, 0) is 17.3 Å². The Hall–Kier alpha value is -0.897. The molecule has 1 aliphatic rings. The summed E-state index contributed by atoms with van der Waals surface area (Å²) < 4.78 is 4.75. The third-order valence-electron chi connectivity index (χ3n) is 4.75. The Kier molecular flexibility index (Phi) is 12.6. The summed E-state index contributed by atoms with van der Waals surface area (Å²) in [6, 6.07) is 19.5. The maximum atomic E-state index is 4.75. The van der Waals surface area contributed by atoms with Gasteiger partial charge in [-0.2, -0.15) is 0 Å². The number of halogens is 1. The molecule has 0 unspecified atom stereocenters. The van der Waals surface area contributed by atoms with Gasteiger partial charge in [-0.15, -0.1) is 6.54 Å². The molecule has 1 aliphatic carbocycles. The summed E-state index contributed by atoms with van der Waals surface area (Å²) in [5, 5.41) is 3.71. The van der Waals surface area contributed by atoms with E-state index in [1.807, 2.05) is 17.3 Å². The zero-order valence-electron chi connectivity index (χ0n) is 16.8. The molecule has 0 aromatic heterocycles. The van der Waals surface area contributed by atoms with Gasteiger partial charge in [-0.25, -0.2) is 0 Å². The minimum atomic E-state index is 0.264. The molecule has 5 heteroatoms. The molecule has 2 aromatic rings. The van der Waals surface area contributed by atoms with E-state index < -0.39 is 0 Å². The van der Waals surface area contributed by atoms with Crippen LogP contribution in [0.3, 0.4) is 0 Å². The van der Waals surface area contributed by atoms with Crippen molar-refractivity contribution in [2.24, 2.45) is 0 Å². The molecule has 0 saturated heterocycles. The van der Waals surface area contributed by atoms with Crippen LogP contribution in [0.25, 0.3) is 4.72 Å². The van der Waals surface area contributed by atoms with E-state index in [0.29, 0.717) is 0 Å². The molecule has 0 fully saturated rings. The third-order valence-corrected chi connectivity index (χ3v) is 5.52. The van der Waals surface area contributed by atoms with E-state index in [1.165, 1.54) is 34.4 Å². The molecular formula is C24H29ClN2RuS. The van der Waals surface area contributed by atoms with Gasteiger partial charge in [0.05, 0.1) is 0 Å². The summed E-state index contributed by atoms with van der Waals surface area (Å²) >= 11 is 3.40. The van der Waals surface area contributed by atoms with Crippen LogP contribution < -0.4 is 5.32 Å². The van der Waals surface area contributed by atoms with Crippen molar-refractivity contribution in [3.8, 4) is 0 Å². The van der Waals surface area contributed by atoms with Crippen molar-refractivity contribution in [1.29, 1.82) is 0 Å². The summed E-state index contributed by atoms with van der Waals surface area (Å²) in [7, 11) is 4.57. The third kappa shape index (κ3) is 9.64. The van der Waals surface area contributed by atoms with Gasteiger partial charge in [-0.1, -0.05) is 71.8 Å². The second-order valence-electron chi connectivity index (χ2n) is 7.00. The van der Waals surface area contributed by atoms with Crippen molar-refractivity contribution in [1.82, 2.24) is 5.32 Å². The first-order valence-electron chi connectivity index (χ1n) is 9.99. The van der Waals surface area contributed by atoms with Crippen LogP contribution in [0.2, 0.25) is 0 Å². The molecule has 0 amide bonds. The Morgan fingerprint density at radius 2 is 1.83 bits per heavy atom. The first-order valence-corrected chi connectivity index (χ1v) is 13.0. The molecule has 2 aromatic carbocycles. The van der Waals surface area contributed by atoms with Crippen LogP contribution in [0.4, 0.5) is 0 Å². The standard InChI is InChI=1S/C24H29N2S.ClH.Ru/c1-20-14-16-23(17-15-20)27-26-19-24(22-12-6-3-7-13-22)25-18-8-11-21-9-4-2-5-10-21;;/h3-4,6-7,9-10,12-17,24-25H,2,5,8,11,18-19H2,1H3;1H;/q-1;;+2/p-1/t24-;;/m1../s1. The van der Waals surface area contributed by atoms with Crippen molar-refractivity contribution in [3.63, 3.8) is 0 Å². The molecule has 3 rings (SSSR count). The molecule has 0 radical (unpaired) electrons. The number of rotatable bonds is 10. The molecule has 29 heavy (non-hydrogen) atoms. The number of allylic oxidation sites excluding steroid dienone is 4. The predicted molar refractivity (Wildman–Crippen MR) is 124 cm³/mol. The summed E-state index contributed by atoms with van der Waals surface area (Å²) in [6.07, 6.45) is 11.6. The summed E-state index contributed by atoms with van der Waals surface area (Å²) in [4.78, 5) is 1.20. The number of hydrogen-bond acceptors (Lipinski definition) is 2. The number of benzene rings is 2. The number of nitrogens with one attached hydrogen (secondary N) is 1. The van der Waals surface area contributed by atoms with Gasteiger partial charge in [0.25, 0.3) is 0 Å². The van der Waals surface area contributed by atoms with Crippen LogP contribution in [0.15, 0.2) is 83.3 Å². The summed E-state index contributed by atoms with van der Waals surface area (Å²) in [5.74, 6) is 0. The molecule has 0 saturated carbocycles. The zero-order valence-corrected chi connectivity index (χ0v) is 20.1. The fourth-order valence-corrected chi connectivity index (χ4v) is 3.81. The van der Waals surface area contributed by atoms with Crippen molar-refractivity contribution >= 4 is 21.6 Å². The Morgan fingerprint density at radius 1 is 1.07 bits per heavy atom. The SMILES string of the molecule is Cc1ccc(S[N-]C[C@@H](NCCCC2=CCCC=C2)c2ccccc2)cc1.[Cl][Ru+]. The van der Waals surface area contributed by atoms with Gasteiger partial charge in [-0.3, -0.25) is 11.9 Å². The molecule has 156 valence electrons. The molecule has 0 aliphatic heterocycles. The normalized spacial score (nSPS) is 14.0. The topological polar surface area (TPSA) is 26.1 Å². The van der Waals surface area contributed by atoms with Crippen LogP contribution in [0, 0.1) is 6.92 Å². The number of aryl methyl sites for hydroxylation is 1. The summed E-state index contributed by atoms with van der Waals surface area (Å²) in [5.41, 5.74) is 4.08. The Bertz CT molecular complexity index is 747. The molecule has 1 atom stereocenters. The number of nitrogens with zero attached hydrogens (tertiary/aromatic N) is 1. The van der Waals surface area contributed by atoms with Crippen LogP contribution >= 0.6 is 21.6 Å². The minimum absolute atomic E-state index is 0.264.